The van der Waals surface area contributed by atoms with E-state index >= 15 is 0 Å². The Bertz CT molecular complexity index is 576. The molecule has 2 aromatic heterocycles. The minimum atomic E-state index is -0.440. The zero-order valence-corrected chi connectivity index (χ0v) is 12.0. The molecule has 0 amide bonds. The lowest BCUT2D eigenvalue weighted by atomic mass is 10.2. The molecule has 0 N–H and O–H groups in total. The number of hydrogen-bond acceptors (Lipinski definition) is 6. The molecule has 0 unspecified atom stereocenters. The van der Waals surface area contributed by atoms with E-state index in [2.05, 4.69) is 15.3 Å². The van der Waals surface area contributed by atoms with Gasteiger partial charge in [-0.15, -0.1) is 16.4 Å². The highest BCUT2D eigenvalue weighted by Gasteiger charge is 2.20. The van der Waals surface area contributed by atoms with Gasteiger partial charge in [-0.1, -0.05) is 18.6 Å². The van der Waals surface area contributed by atoms with Crippen molar-refractivity contribution in [1.82, 2.24) is 20.0 Å². The van der Waals surface area contributed by atoms with Gasteiger partial charge in [-0.05, 0) is 13.3 Å². The summed E-state index contributed by atoms with van der Waals surface area (Å²) in [6, 6.07) is 0. The van der Waals surface area contributed by atoms with Crippen molar-refractivity contribution in [2.24, 2.45) is 0 Å². The van der Waals surface area contributed by atoms with Gasteiger partial charge in [0.15, 0.2) is 5.69 Å². The molecule has 0 atom stereocenters. The fourth-order valence-corrected chi connectivity index (χ4v) is 2.56. The van der Waals surface area contributed by atoms with Crippen molar-refractivity contribution in [3.05, 3.63) is 27.5 Å². The predicted molar refractivity (Wildman–Crippen MR) is 71.3 cm³/mol. The van der Waals surface area contributed by atoms with E-state index in [0.717, 1.165) is 29.2 Å². The van der Waals surface area contributed by atoms with Crippen LogP contribution in [-0.2, 0) is 17.7 Å². The maximum Gasteiger partial charge on any atom is 0.360 e. The van der Waals surface area contributed by atoms with E-state index < -0.39 is 5.97 Å². The SMILES string of the molecule is CCCc1c(C(=O)OC)nnn1Cc1nc(C)cs1. The van der Waals surface area contributed by atoms with Crippen LogP contribution >= 0.6 is 11.3 Å². The number of carbonyl (C=O) groups excluding carboxylic acids is 1. The Kier molecular flexibility index (Phi) is 4.26. The molecule has 0 fully saturated rings. The predicted octanol–water partition coefficient (Wildman–Crippen LogP) is 1.83. The van der Waals surface area contributed by atoms with E-state index in [1.54, 1.807) is 16.0 Å². The summed E-state index contributed by atoms with van der Waals surface area (Å²) in [5.74, 6) is -0.440. The molecule has 0 aliphatic carbocycles. The molecule has 0 aromatic carbocycles. The number of aryl methyl sites for hydroxylation is 1. The molecule has 102 valence electrons. The lowest BCUT2D eigenvalue weighted by Crippen LogP contribution is -2.10. The van der Waals surface area contributed by atoms with Gasteiger partial charge < -0.3 is 4.74 Å². The third-order valence-corrected chi connectivity index (χ3v) is 3.61. The average molecular weight is 280 g/mol. The molecule has 0 aliphatic rings. The minimum absolute atomic E-state index is 0.303. The largest absolute Gasteiger partial charge is 0.464 e. The molecule has 0 radical (unpaired) electrons. The van der Waals surface area contributed by atoms with Gasteiger partial charge in [0, 0.05) is 11.1 Å². The fourth-order valence-electron chi connectivity index (χ4n) is 1.80. The molecule has 0 spiro atoms. The number of hydrogen-bond donors (Lipinski definition) is 0. The fraction of sp³-hybridized carbons (Fsp3) is 0.500. The number of rotatable bonds is 5. The molecule has 19 heavy (non-hydrogen) atoms. The van der Waals surface area contributed by atoms with E-state index in [9.17, 15) is 4.79 Å². The quantitative estimate of drug-likeness (QED) is 0.781. The van der Waals surface area contributed by atoms with Gasteiger partial charge >= 0.3 is 5.97 Å². The van der Waals surface area contributed by atoms with Gasteiger partial charge in [-0.3, -0.25) is 0 Å². The van der Waals surface area contributed by atoms with Gasteiger partial charge in [0.2, 0.25) is 0 Å². The second-order valence-corrected chi connectivity index (χ2v) is 5.11. The molecule has 7 heteroatoms. The topological polar surface area (TPSA) is 69.9 Å². The number of nitrogens with zero attached hydrogens (tertiary/aromatic N) is 4. The maximum absolute atomic E-state index is 11.6. The lowest BCUT2D eigenvalue weighted by Gasteiger charge is -2.04. The summed E-state index contributed by atoms with van der Waals surface area (Å²) in [6.45, 7) is 4.54. The standard InChI is InChI=1S/C12H16N4O2S/c1-4-5-9-11(12(17)18-3)14-15-16(9)6-10-13-8(2)7-19-10/h7H,4-6H2,1-3H3. The number of carbonyl (C=O) groups is 1. The minimum Gasteiger partial charge on any atom is -0.464 e. The second-order valence-electron chi connectivity index (χ2n) is 4.17. The van der Waals surface area contributed by atoms with Gasteiger partial charge in [0.1, 0.15) is 5.01 Å². The molecule has 0 saturated heterocycles. The molecule has 2 heterocycles. The molecule has 0 saturated carbocycles. The zero-order chi connectivity index (χ0) is 13.8. The monoisotopic (exact) mass is 280 g/mol. The summed E-state index contributed by atoms with van der Waals surface area (Å²) in [6.07, 6.45) is 1.65. The molecule has 0 bridgehead atoms. The Hall–Kier alpha value is -1.76. The Morgan fingerprint density at radius 1 is 1.53 bits per heavy atom. The van der Waals surface area contributed by atoms with Crippen molar-refractivity contribution in [2.45, 2.75) is 33.2 Å². The normalized spacial score (nSPS) is 10.7. The Morgan fingerprint density at radius 2 is 2.32 bits per heavy atom. The van der Waals surface area contributed by atoms with Crippen molar-refractivity contribution < 1.29 is 9.53 Å². The third kappa shape index (κ3) is 2.98. The molecule has 2 aromatic rings. The number of aromatic nitrogens is 4. The highest BCUT2D eigenvalue weighted by atomic mass is 32.1. The highest BCUT2D eigenvalue weighted by molar-refractivity contribution is 7.09. The number of methoxy groups -OCH3 is 1. The van der Waals surface area contributed by atoms with Gasteiger partial charge in [-0.2, -0.15) is 0 Å². The van der Waals surface area contributed by atoms with Crippen LogP contribution in [0.2, 0.25) is 0 Å². The van der Waals surface area contributed by atoms with Crippen LogP contribution in [0.1, 0.15) is 40.2 Å². The molecule has 6 nitrogen and oxygen atoms in total. The number of thiazole rings is 1. The summed E-state index contributed by atoms with van der Waals surface area (Å²) in [4.78, 5) is 16.0. The summed E-state index contributed by atoms with van der Waals surface area (Å²) in [5.41, 5.74) is 2.10. The zero-order valence-electron chi connectivity index (χ0n) is 11.2. The first-order chi connectivity index (χ1) is 9.15. The highest BCUT2D eigenvalue weighted by Crippen LogP contribution is 2.14. The molecule has 0 aliphatic heterocycles. The molecular weight excluding hydrogens is 264 g/mol. The summed E-state index contributed by atoms with van der Waals surface area (Å²) < 4.78 is 6.45. The van der Waals surface area contributed by atoms with Crippen molar-refractivity contribution >= 4 is 17.3 Å². The van der Waals surface area contributed by atoms with Crippen LogP contribution in [0.25, 0.3) is 0 Å². The van der Waals surface area contributed by atoms with Crippen LogP contribution < -0.4 is 0 Å². The molecule has 2 rings (SSSR count). The van der Waals surface area contributed by atoms with Crippen molar-refractivity contribution in [2.75, 3.05) is 7.11 Å². The maximum atomic E-state index is 11.6. The van der Waals surface area contributed by atoms with Crippen molar-refractivity contribution in [3.63, 3.8) is 0 Å². The summed E-state index contributed by atoms with van der Waals surface area (Å²) in [7, 11) is 1.35. The first-order valence-electron chi connectivity index (χ1n) is 6.07. The average Bonchev–Trinajstić information content (AvgIpc) is 2.97. The van der Waals surface area contributed by atoms with E-state index in [0.29, 0.717) is 12.2 Å². The van der Waals surface area contributed by atoms with Gasteiger partial charge in [0.05, 0.1) is 19.3 Å². The van der Waals surface area contributed by atoms with Gasteiger partial charge in [-0.25, -0.2) is 14.5 Å². The third-order valence-electron chi connectivity index (χ3n) is 2.65. The second kappa shape index (κ2) is 5.92. The van der Waals surface area contributed by atoms with Crippen LogP contribution in [-0.4, -0.2) is 33.1 Å². The van der Waals surface area contributed by atoms with E-state index in [-0.39, 0.29) is 0 Å². The van der Waals surface area contributed by atoms with Crippen LogP contribution in [0, 0.1) is 6.92 Å². The Labute approximate surface area is 115 Å². The van der Waals surface area contributed by atoms with E-state index in [1.807, 2.05) is 19.2 Å². The van der Waals surface area contributed by atoms with Crippen LogP contribution in [0.3, 0.4) is 0 Å². The van der Waals surface area contributed by atoms with Crippen LogP contribution in [0.5, 0.6) is 0 Å². The number of ether oxygens (including phenoxy) is 1. The first kappa shape index (κ1) is 13.7. The molecular formula is C12H16N4O2S. The van der Waals surface area contributed by atoms with E-state index in [4.69, 9.17) is 4.74 Å². The summed E-state index contributed by atoms with van der Waals surface area (Å²) in [5, 5.41) is 10.9. The Morgan fingerprint density at radius 3 is 2.89 bits per heavy atom. The van der Waals surface area contributed by atoms with Crippen LogP contribution in [0.15, 0.2) is 5.38 Å². The van der Waals surface area contributed by atoms with E-state index in [1.165, 1.54) is 7.11 Å². The number of esters is 1. The Balaban J connectivity index is 2.29. The smallest absolute Gasteiger partial charge is 0.360 e. The van der Waals surface area contributed by atoms with Crippen molar-refractivity contribution in [3.8, 4) is 0 Å². The van der Waals surface area contributed by atoms with Crippen molar-refractivity contribution in [1.29, 1.82) is 0 Å². The lowest BCUT2D eigenvalue weighted by molar-refractivity contribution is 0.0592. The van der Waals surface area contributed by atoms with Gasteiger partial charge in [0.25, 0.3) is 0 Å². The first-order valence-corrected chi connectivity index (χ1v) is 6.95. The summed E-state index contributed by atoms with van der Waals surface area (Å²) >= 11 is 1.58. The van der Waals surface area contributed by atoms with Crippen LogP contribution in [0.4, 0.5) is 0 Å².